The quantitative estimate of drug-likeness (QED) is 0.774. The number of Topliss-reactive ketones (excluding diaryl/α,β-unsaturated/α-hetero) is 1. The maximum absolute atomic E-state index is 12.6. The van der Waals surface area contributed by atoms with Crippen LogP contribution in [0.4, 0.5) is 5.69 Å². The fourth-order valence-electron chi connectivity index (χ4n) is 4.91. The van der Waals surface area contributed by atoms with E-state index < -0.39 is 0 Å². The molecular formula is C21H28N2O2. The first-order valence-electron chi connectivity index (χ1n) is 9.96. The van der Waals surface area contributed by atoms with Gasteiger partial charge in [0, 0.05) is 12.1 Å². The molecule has 0 saturated heterocycles. The van der Waals surface area contributed by atoms with Crippen LogP contribution < -0.4 is 4.90 Å². The number of hydrogen-bond donors (Lipinski definition) is 0. The Balaban J connectivity index is 1.59. The number of rotatable bonds is 4. The van der Waals surface area contributed by atoms with Gasteiger partial charge in [-0.3, -0.25) is 19.4 Å². The predicted octanol–water partition coefficient (Wildman–Crippen LogP) is 4.14. The molecule has 1 aliphatic heterocycles. The van der Waals surface area contributed by atoms with Crippen LogP contribution >= 0.6 is 0 Å². The lowest BCUT2D eigenvalue weighted by Gasteiger charge is -2.43. The van der Waals surface area contributed by atoms with E-state index in [9.17, 15) is 9.59 Å². The molecule has 0 bridgehead atoms. The van der Waals surface area contributed by atoms with Crippen molar-refractivity contribution in [2.45, 2.75) is 76.3 Å². The summed E-state index contributed by atoms with van der Waals surface area (Å²) in [5.74, 6) is -0.694. The Morgan fingerprint density at radius 3 is 2.00 bits per heavy atom. The first-order valence-corrected chi connectivity index (χ1v) is 9.96. The van der Waals surface area contributed by atoms with E-state index in [2.05, 4.69) is 4.90 Å². The summed E-state index contributed by atoms with van der Waals surface area (Å²) in [5.41, 5.74) is 1.37. The summed E-state index contributed by atoms with van der Waals surface area (Å²) >= 11 is 0. The molecule has 3 aliphatic rings. The van der Waals surface area contributed by atoms with Crippen molar-refractivity contribution in [2.75, 3.05) is 11.6 Å². The molecular weight excluding hydrogens is 312 g/mol. The summed E-state index contributed by atoms with van der Waals surface area (Å²) in [4.78, 5) is 29.3. The van der Waals surface area contributed by atoms with E-state index in [1.807, 2.05) is 18.2 Å². The van der Waals surface area contributed by atoms with Gasteiger partial charge in [0.15, 0.2) is 0 Å². The van der Waals surface area contributed by atoms with Crippen molar-refractivity contribution in [3.8, 4) is 0 Å². The molecule has 4 rings (SSSR count). The van der Waals surface area contributed by atoms with Gasteiger partial charge in [0.25, 0.3) is 5.78 Å². The van der Waals surface area contributed by atoms with E-state index in [0.717, 1.165) is 5.69 Å². The number of fused-ring (bicyclic) bond motifs is 1. The third kappa shape index (κ3) is 3.24. The van der Waals surface area contributed by atoms with Gasteiger partial charge in [-0.05, 0) is 37.8 Å². The second-order valence-electron chi connectivity index (χ2n) is 7.82. The van der Waals surface area contributed by atoms with E-state index >= 15 is 0 Å². The standard InChI is InChI=1S/C21H28N2O2/c24-20-18-13-7-8-14-19(18)23(21(20)25)15-22(16-9-3-1-4-10-16)17-11-5-2-6-12-17/h7-8,13-14,16-17H,1-6,9-12,15H2. The fourth-order valence-corrected chi connectivity index (χ4v) is 4.91. The number of carbonyl (C=O) groups is 2. The molecule has 2 fully saturated rings. The first kappa shape index (κ1) is 16.8. The van der Waals surface area contributed by atoms with E-state index in [1.165, 1.54) is 64.2 Å². The van der Waals surface area contributed by atoms with E-state index in [4.69, 9.17) is 0 Å². The molecule has 2 saturated carbocycles. The highest BCUT2D eigenvalue weighted by Crippen LogP contribution is 2.34. The van der Waals surface area contributed by atoms with Crippen molar-refractivity contribution in [1.82, 2.24) is 4.90 Å². The van der Waals surface area contributed by atoms with E-state index in [0.29, 0.717) is 24.3 Å². The maximum atomic E-state index is 12.6. The molecule has 0 aromatic heterocycles. The molecule has 134 valence electrons. The van der Waals surface area contributed by atoms with Gasteiger partial charge in [0.2, 0.25) is 0 Å². The van der Waals surface area contributed by atoms with E-state index in [-0.39, 0.29) is 11.7 Å². The van der Waals surface area contributed by atoms with Crippen molar-refractivity contribution in [1.29, 1.82) is 0 Å². The molecule has 1 amide bonds. The summed E-state index contributed by atoms with van der Waals surface area (Å²) < 4.78 is 0. The number of para-hydroxylation sites is 1. The molecule has 25 heavy (non-hydrogen) atoms. The Bertz CT molecular complexity index is 627. The Labute approximate surface area is 150 Å². The molecule has 0 atom stereocenters. The van der Waals surface area contributed by atoms with Crippen LogP contribution in [-0.4, -0.2) is 35.3 Å². The van der Waals surface area contributed by atoms with Crippen molar-refractivity contribution < 1.29 is 9.59 Å². The molecule has 4 heteroatoms. The minimum Gasteiger partial charge on any atom is -0.291 e. The number of carbonyl (C=O) groups excluding carboxylic acids is 2. The first-order chi connectivity index (χ1) is 12.3. The lowest BCUT2D eigenvalue weighted by molar-refractivity contribution is -0.115. The minimum absolute atomic E-state index is 0.345. The van der Waals surface area contributed by atoms with Gasteiger partial charge in [-0.15, -0.1) is 0 Å². The van der Waals surface area contributed by atoms with E-state index in [1.54, 1.807) is 11.0 Å². The van der Waals surface area contributed by atoms with Crippen LogP contribution in [0.15, 0.2) is 24.3 Å². The summed E-state index contributed by atoms with van der Waals surface area (Å²) in [5, 5.41) is 0. The van der Waals surface area contributed by atoms with Gasteiger partial charge in [0.1, 0.15) is 0 Å². The van der Waals surface area contributed by atoms with Gasteiger partial charge in [-0.25, -0.2) is 0 Å². The summed E-state index contributed by atoms with van der Waals surface area (Å²) in [7, 11) is 0. The number of amides is 1. The van der Waals surface area contributed by atoms with Gasteiger partial charge in [-0.2, -0.15) is 0 Å². The Hall–Kier alpha value is -1.68. The highest BCUT2D eigenvalue weighted by atomic mass is 16.2. The predicted molar refractivity (Wildman–Crippen MR) is 98.7 cm³/mol. The number of anilines is 1. The van der Waals surface area contributed by atoms with Crippen LogP contribution in [0.25, 0.3) is 0 Å². The summed E-state index contributed by atoms with van der Waals surface area (Å²) in [6.07, 6.45) is 12.7. The zero-order valence-corrected chi connectivity index (χ0v) is 15.0. The highest BCUT2D eigenvalue weighted by Gasteiger charge is 2.39. The van der Waals surface area contributed by atoms with Crippen LogP contribution in [0.2, 0.25) is 0 Å². The second-order valence-corrected chi connectivity index (χ2v) is 7.82. The Morgan fingerprint density at radius 1 is 0.840 bits per heavy atom. The number of ketones is 1. The third-order valence-electron chi connectivity index (χ3n) is 6.27. The monoisotopic (exact) mass is 340 g/mol. The van der Waals surface area contributed by atoms with Crippen LogP contribution in [0.5, 0.6) is 0 Å². The van der Waals surface area contributed by atoms with Gasteiger partial charge in [-0.1, -0.05) is 50.7 Å². The summed E-state index contributed by atoms with van der Waals surface area (Å²) in [6.45, 7) is 0.580. The molecule has 0 spiro atoms. The SMILES string of the molecule is O=C1C(=O)N(CN(C2CCCCC2)C2CCCCC2)c2ccccc21. The van der Waals surface area contributed by atoms with Gasteiger partial charge >= 0.3 is 5.91 Å². The van der Waals surface area contributed by atoms with Crippen molar-refractivity contribution in [3.63, 3.8) is 0 Å². The van der Waals surface area contributed by atoms with Crippen molar-refractivity contribution in [2.24, 2.45) is 0 Å². The second kappa shape index (κ2) is 7.28. The average Bonchev–Trinajstić information content (AvgIpc) is 2.92. The van der Waals surface area contributed by atoms with Crippen LogP contribution in [0.3, 0.4) is 0 Å². The molecule has 0 radical (unpaired) electrons. The molecule has 0 N–H and O–H groups in total. The molecule has 2 aliphatic carbocycles. The maximum Gasteiger partial charge on any atom is 0.300 e. The minimum atomic E-state index is -0.349. The summed E-state index contributed by atoms with van der Waals surface area (Å²) in [6, 6.07) is 8.58. The molecule has 0 unspecified atom stereocenters. The topological polar surface area (TPSA) is 40.6 Å². The smallest absolute Gasteiger partial charge is 0.291 e. The Kier molecular flexibility index (Phi) is 4.89. The zero-order valence-electron chi connectivity index (χ0n) is 15.0. The van der Waals surface area contributed by atoms with Crippen molar-refractivity contribution in [3.05, 3.63) is 29.8 Å². The third-order valence-corrected chi connectivity index (χ3v) is 6.27. The van der Waals surface area contributed by atoms with Crippen LogP contribution in [0, 0.1) is 0 Å². The zero-order chi connectivity index (χ0) is 17.2. The average molecular weight is 340 g/mol. The lowest BCUT2D eigenvalue weighted by atomic mass is 9.89. The molecule has 1 aromatic rings. The van der Waals surface area contributed by atoms with Crippen LogP contribution in [0.1, 0.15) is 74.6 Å². The molecule has 1 heterocycles. The van der Waals surface area contributed by atoms with Crippen LogP contribution in [-0.2, 0) is 4.79 Å². The number of hydrogen-bond acceptors (Lipinski definition) is 3. The van der Waals surface area contributed by atoms with Gasteiger partial charge < -0.3 is 0 Å². The Morgan fingerprint density at radius 2 is 1.40 bits per heavy atom. The largest absolute Gasteiger partial charge is 0.300 e. The molecule has 4 nitrogen and oxygen atoms in total. The molecule has 1 aromatic carbocycles. The van der Waals surface area contributed by atoms with Gasteiger partial charge in [0.05, 0.1) is 17.9 Å². The fraction of sp³-hybridized carbons (Fsp3) is 0.619. The van der Waals surface area contributed by atoms with Crippen molar-refractivity contribution >= 4 is 17.4 Å². The lowest BCUT2D eigenvalue weighted by Crippen LogP contribution is -2.51. The number of nitrogens with zero attached hydrogens (tertiary/aromatic N) is 2. The number of benzene rings is 1. The highest BCUT2D eigenvalue weighted by molar-refractivity contribution is 6.52. The normalized spacial score (nSPS) is 22.7.